The molecular weight excluding hydrogens is 396 g/mol. The van der Waals surface area contributed by atoms with E-state index in [4.69, 9.17) is 4.74 Å². The van der Waals surface area contributed by atoms with Gasteiger partial charge in [0.25, 0.3) is 5.91 Å². The van der Waals surface area contributed by atoms with Gasteiger partial charge in [-0.1, -0.05) is 42.5 Å². The standard InChI is InChI=1S/C28H28N2O2/c1-4-29(5-2)24-13-15-25(16-14-24)30-27(22-9-7-6-8-10-22)20-23(28(30)31)19-21-11-17-26(32-3)18-12-21/h6-20H,4-5H2,1-3H3/b23-19+. The van der Waals surface area contributed by atoms with Gasteiger partial charge in [-0.3, -0.25) is 9.69 Å². The van der Waals surface area contributed by atoms with Gasteiger partial charge in [0.1, 0.15) is 5.75 Å². The average Bonchev–Trinajstić information content (AvgIpc) is 3.17. The van der Waals surface area contributed by atoms with Crippen LogP contribution in [-0.4, -0.2) is 26.1 Å². The lowest BCUT2D eigenvalue weighted by molar-refractivity contribution is -0.113. The molecule has 4 nitrogen and oxygen atoms in total. The van der Waals surface area contributed by atoms with E-state index in [-0.39, 0.29) is 5.91 Å². The summed E-state index contributed by atoms with van der Waals surface area (Å²) in [6.07, 6.45) is 3.90. The molecule has 0 fully saturated rings. The third-order valence-corrected chi connectivity index (χ3v) is 5.73. The highest BCUT2D eigenvalue weighted by Gasteiger charge is 2.30. The summed E-state index contributed by atoms with van der Waals surface area (Å²) in [6, 6.07) is 26.0. The van der Waals surface area contributed by atoms with Gasteiger partial charge in [-0.05, 0) is 73.5 Å². The first-order valence-electron chi connectivity index (χ1n) is 11.0. The maximum absolute atomic E-state index is 13.5. The van der Waals surface area contributed by atoms with Gasteiger partial charge in [-0.2, -0.15) is 0 Å². The van der Waals surface area contributed by atoms with Crippen LogP contribution in [0, 0.1) is 0 Å². The predicted molar refractivity (Wildman–Crippen MR) is 133 cm³/mol. The number of amides is 1. The maximum atomic E-state index is 13.5. The van der Waals surface area contributed by atoms with Gasteiger partial charge in [-0.15, -0.1) is 0 Å². The van der Waals surface area contributed by atoms with Gasteiger partial charge >= 0.3 is 0 Å². The van der Waals surface area contributed by atoms with E-state index < -0.39 is 0 Å². The monoisotopic (exact) mass is 424 g/mol. The summed E-state index contributed by atoms with van der Waals surface area (Å²) >= 11 is 0. The fourth-order valence-corrected chi connectivity index (χ4v) is 3.97. The molecule has 4 heteroatoms. The molecule has 0 aromatic heterocycles. The van der Waals surface area contributed by atoms with Crippen molar-refractivity contribution in [3.05, 3.63) is 102 Å². The second-order valence-electron chi connectivity index (χ2n) is 7.60. The lowest BCUT2D eigenvalue weighted by Gasteiger charge is -2.24. The lowest BCUT2D eigenvalue weighted by Crippen LogP contribution is -2.25. The van der Waals surface area contributed by atoms with Crippen LogP contribution in [0.25, 0.3) is 11.8 Å². The van der Waals surface area contributed by atoms with Crippen LogP contribution in [-0.2, 0) is 4.79 Å². The number of hydrogen-bond donors (Lipinski definition) is 0. The van der Waals surface area contributed by atoms with Crippen molar-refractivity contribution in [1.29, 1.82) is 0 Å². The Morgan fingerprint density at radius 1 is 0.875 bits per heavy atom. The fraction of sp³-hybridized carbons (Fsp3) is 0.179. The predicted octanol–water partition coefficient (Wildman–Crippen LogP) is 6.01. The number of hydrogen-bond acceptors (Lipinski definition) is 3. The third-order valence-electron chi connectivity index (χ3n) is 5.73. The molecule has 0 radical (unpaired) electrons. The lowest BCUT2D eigenvalue weighted by atomic mass is 10.1. The first kappa shape index (κ1) is 21.4. The minimum atomic E-state index is -0.0322. The summed E-state index contributed by atoms with van der Waals surface area (Å²) in [6.45, 7) is 6.19. The fourth-order valence-electron chi connectivity index (χ4n) is 3.97. The molecule has 0 aliphatic carbocycles. The van der Waals surface area contributed by atoms with E-state index in [1.165, 1.54) is 0 Å². The number of rotatable bonds is 7. The van der Waals surface area contributed by atoms with Gasteiger partial charge in [0.2, 0.25) is 0 Å². The molecule has 0 bridgehead atoms. The van der Waals surface area contributed by atoms with Crippen molar-refractivity contribution in [3.63, 3.8) is 0 Å². The summed E-state index contributed by atoms with van der Waals surface area (Å²) < 4.78 is 5.24. The molecule has 0 atom stereocenters. The number of carbonyl (C=O) groups excluding carboxylic acids is 1. The molecule has 32 heavy (non-hydrogen) atoms. The maximum Gasteiger partial charge on any atom is 0.262 e. The normalized spacial score (nSPS) is 14.6. The molecule has 4 rings (SSSR count). The Morgan fingerprint density at radius 2 is 1.53 bits per heavy atom. The summed E-state index contributed by atoms with van der Waals surface area (Å²) in [7, 11) is 1.65. The first-order valence-corrected chi connectivity index (χ1v) is 11.0. The molecular formula is C28H28N2O2. The van der Waals surface area contributed by atoms with Crippen LogP contribution in [0.5, 0.6) is 5.75 Å². The highest BCUT2D eigenvalue weighted by atomic mass is 16.5. The van der Waals surface area contributed by atoms with Crippen LogP contribution in [0.2, 0.25) is 0 Å². The van der Waals surface area contributed by atoms with E-state index in [9.17, 15) is 4.79 Å². The minimum Gasteiger partial charge on any atom is -0.497 e. The van der Waals surface area contributed by atoms with Gasteiger partial charge in [-0.25, -0.2) is 0 Å². The molecule has 3 aromatic rings. The quantitative estimate of drug-likeness (QED) is 0.435. The van der Waals surface area contributed by atoms with E-state index in [2.05, 4.69) is 30.9 Å². The van der Waals surface area contributed by atoms with Crippen molar-refractivity contribution in [2.75, 3.05) is 30.0 Å². The summed E-state index contributed by atoms with van der Waals surface area (Å²) in [5.74, 6) is 0.760. The zero-order valence-electron chi connectivity index (χ0n) is 18.8. The Hall–Kier alpha value is -3.79. The molecule has 1 aliphatic rings. The number of carbonyl (C=O) groups is 1. The highest BCUT2D eigenvalue weighted by Crippen LogP contribution is 2.36. The Labute approximate surface area is 190 Å². The van der Waals surface area contributed by atoms with Crippen molar-refractivity contribution in [2.24, 2.45) is 0 Å². The molecule has 1 aliphatic heterocycles. The summed E-state index contributed by atoms with van der Waals surface area (Å²) in [5, 5.41) is 0. The van der Waals surface area contributed by atoms with Gasteiger partial charge in [0, 0.05) is 30.0 Å². The Kier molecular flexibility index (Phi) is 6.41. The summed E-state index contributed by atoms with van der Waals surface area (Å²) in [5.41, 5.74) is 5.51. The van der Waals surface area contributed by atoms with E-state index in [1.807, 2.05) is 78.9 Å². The van der Waals surface area contributed by atoms with E-state index in [1.54, 1.807) is 12.0 Å². The zero-order valence-corrected chi connectivity index (χ0v) is 18.8. The molecule has 0 N–H and O–H groups in total. The number of benzene rings is 3. The van der Waals surface area contributed by atoms with Crippen LogP contribution in [0.3, 0.4) is 0 Å². The Bertz CT molecular complexity index is 1130. The molecule has 0 spiro atoms. The largest absolute Gasteiger partial charge is 0.497 e. The van der Waals surface area contributed by atoms with Crippen LogP contribution < -0.4 is 14.5 Å². The van der Waals surface area contributed by atoms with Crippen molar-refractivity contribution in [3.8, 4) is 5.75 Å². The van der Waals surface area contributed by atoms with Crippen molar-refractivity contribution >= 4 is 29.1 Å². The second kappa shape index (κ2) is 9.56. The van der Waals surface area contributed by atoms with Gasteiger partial charge in [0.05, 0.1) is 12.8 Å². The molecule has 1 heterocycles. The molecule has 0 saturated carbocycles. The average molecular weight is 425 g/mol. The smallest absolute Gasteiger partial charge is 0.262 e. The van der Waals surface area contributed by atoms with E-state index in [0.717, 1.165) is 47.0 Å². The molecule has 3 aromatic carbocycles. The van der Waals surface area contributed by atoms with Crippen molar-refractivity contribution < 1.29 is 9.53 Å². The van der Waals surface area contributed by atoms with Gasteiger partial charge in [0.15, 0.2) is 0 Å². The minimum absolute atomic E-state index is 0.0322. The third kappa shape index (κ3) is 4.30. The van der Waals surface area contributed by atoms with Crippen LogP contribution in [0.1, 0.15) is 25.0 Å². The second-order valence-corrected chi connectivity index (χ2v) is 7.60. The number of nitrogens with zero attached hydrogens (tertiary/aromatic N) is 2. The molecule has 0 saturated heterocycles. The topological polar surface area (TPSA) is 32.8 Å². The Morgan fingerprint density at radius 3 is 2.12 bits per heavy atom. The summed E-state index contributed by atoms with van der Waals surface area (Å²) in [4.78, 5) is 17.6. The first-order chi connectivity index (χ1) is 15.6. The number of anilines is 2. The van der Waals surface area contributed by atoms with Gasteiger partial charge < -0.3 is 9.64 Å². The molecule has 0 unspecified atom stereocenters. The Balaban J connectivity index is 1.73. The highest BCUT2D eigenvalue weighted by molar-refractivity contribution is 6.23. The van der Waals surface area contributed by atoms with Crippen molar-refractivity contribution in [2.45, 2.75) is 13.8 Å². The number of ether oxygens (including phenoxy) is 1. The van der Waals surface area contributed by atoms with E-state index >= 15 is 0 Å². The molecule has 1 amide bonds. The van der Waals surface area contributed by atoms with Crippen molar-refractivity contribution in [1.82, 2.24) is 0 Å². The van der Waals surface area contributed by atoms with Crippen LogP contribution >= 0.6 is 0 Å². The number of methoxy groups -OCH3 is 1. The zero-order chi connectivity index (χ0) is 22.5. The van der Waals surface area contributed by atoms with E-state index in [0.29, 0.717) is 5.57 Å². The van der Waals surface area contributed by atoms with Crippen LogP contribution in [0.15, 0.2) is 90.5 Å². The van der Waals surface area contributed by atoms with Crippen LogP contribution in [0.4, 0.5) is 11.4 Å². The molecule has 162 valence electrons. The SMILES string of the molecule is CCN(CC)c1ccc(N2C(=O)/C(=C/c3ccc(OC)cc3)C=C2c2ccccc2)cc1.